The highest BCUT2D eigenvalue weighted by Gasteiger charge is 1.96. The van der Waals surface area contributed by atoms with E-state index in [1.54, 1.807) is 0 Å². The van der Waals surface area contributed by atoms with Gasteiger partial charge in [0.1, 0.15) is 0 Å². The average molecular weight is 126 g/mol. The summed E-state index contributed by atoms with van der Waals surface area (Å²) in [7, 11) is 0. The van der Waals surface area contributed by atoms with Gasteiger partial charge in [0.05, 0.1) is 0 Å². The summed E-state index contributed by atoms with van der Waals surface area (Å²) in [5.74, 6) is -0.882. The molecule has 0 aliphatic heterocycles. The van der Waals surface area contributed by atoms with Gasteiger partial charge in [-0.15, -0.1) is 0 Å². The van der Waals surface area contributed by atoms with Gasteiger partial charge in [0, 0.05) is 6.08 Å². The average Bonchev–Trinajstić information content (AvgIpc) is 1.87. The Morgan fingerprint density at radius 1 is 1.56 bits per heavy atom. The van der Waals surface area contributed by atoms with Crippen molar-refractivity contribution in [3.63, 3.8) is 0 Å². The van der Waals surface area contributed by atoms with E-state index in [2.05, 4.69) is 17.9 Å². The maximum absolute atomic E-state index is 10.2. The van der Waals surface area contributed by atoms with Crippen LogP contribution in [0.3, 0.4) is 0 Å². The minimum atomic E-state index is -0.674. The van der Waals surface area contributed by atoms with E-state index in [-0.39, 0.29) is 5.76 Å². The summed E-state index contributed by atoms with van der Waals surface area (Å²) in [6.45, 7) is 6.22. The van der Waals surface area contributed by atoms with Gasteiger partial charge < -0.3 is 4.74 Å². The maximum atomic E-state index is 10.2. The van der Waals surface area contributed by atoms with Crippen LogP contribution in [0.25, 0.3) is 0 Å². The number of carbonyl (C=O) groups is 2. The van der Waals surface area contributed by atoms with Crippen molar-refractivity contribution in [2.75, 3.05) is 0 Å². The molecule has 9 heavy (non-hydrogen) atoms. The molecule has 0 rings (SSSR count). The molecule has 0 aliphatic carbocycles. The number of esters is 1. The predicted octanol–water partition coefficient (Wildman–Crippen LogP) is 0.428. The molecule has 48 valence electrons. The fourth-order valence-electron chi connectivity index (χ4n) is 0.195. The molecule has 3 heteroatoms. The molecule has 0 N–H and O–H groups in total. The second kappa shape index (κ2) is 3.60. The zero-order valence-corrected chi connectivity index (χ0v) is 4.79. The molecule has 0 saturated carbocycles. The van der Waals surface area contributed by atoms with Crippen molar-refractivity contribution in [2.24, 2.45) is 0 Å². The Bertz CT molecular complexity index is 140. The highest BCUT2D eigenvalue weighted by atomic mass is 16.5. The highest BCUT2D eigenvalue weighted by Crippen LogP contribution is 1.88. The highest BCUT2D eigenvalue weighted by molar-refractivity contribution is 5.85. The first kappa shape index (κ1) is 7.62. The molecule has 0 bridgehead atoms. The molecular formula is C6H6O3. The molecule has 0 atom stereocenters. The Morgan fingerprint density at radius 2 is 2.11 bits per heavy atom. The van der Waals surface area contributed by atoms with E-state index in [4.69, 9.17) is 0 Å². The van der Waals surface area contributed by atoms with Crippen molar-refractivity contribution < 1.29 is 14.3 Å². The lowest BCUT2D eigenvalue weighted by atomic mass is 10.6. The first-order chi connectivity index (χ1) is 4.20. The third-order valence-corrected chi connectivity index (χ3v) is 0.530. The number of allylic oxidation sites excluding steroid dienone is 1. The summed E-state index contributed by atoms with van der Waals surface area (Å²) in [5, 5.41) is 0. The van der Waals surface area contributed by atoms with Crippen LogP contribution in [0, 0.1) is 0 Å². The minimum Gasteiger partial charge on any atom is -0.421 e. The van der Waals surface area contributed by atoms with Gasteiger partial charge >= 0.3 is 5.97 Å². The Morgan fingerprint density at radius 3 is 2.44 bits per heavy atom. The summed E-state index contributed by atoms with van der Waals surface area (Å²) >= 11 is 0. The SMILES string of the molecule is C=CC(=O)OC(=C)C=O. The number of rotatable bonds is 3. The Kier molecular flexibility index (Phi) is 3.05. The maximum Gasteiger partial charge on any atom is 0.335 e. The van der Waals surface area contributed by atoms with Crippen molar-refractivity contribution in [1.29, 1.82) is 0 Å². The molecule has 0 aromatic heterocycles. The molecule has 0 radical (unpaired) electrons. The standard InChI is InChI=1S/C6H6O3/c1-3-6(8)9-5(2)4-7/h3-4H,1-2H2. The van der Waals surface area contributed by atoms with Gasteiger partial charge in [0.25, 0.3) is 0 Å². The van der Waals surface area contributed by atoms with Crippen molar-refractivity contribution in [1.82, 2.24) is 0 Å². The number of hydrogen-bond donors (Lipinski definition) is 0. The van der Waals surface area contributed by atoms with E-state index >= 15 is 0 Å². The van der Waals surface area contributed by atoms with E-state index in [0.717, 1.165) is 6.08 Å². The molecule has 0 spiro atoms. The quantitative estimate of drug-likeness (QED) is 0.238. The smallest absolute Gasteiger partial charge is 0.335 e. The summed E-state index contributed by atoms with van der Waals surface area (Å²) in [6.07, 6.45) is 1.30. The second-order valence-corrected chi connectivity index (χ2v) is 1.21. The number of carbonyl (C=O) groups excluding carboxylic acids is 2. The van der Waals surface area contributed by atoms with Crippen molar-refractivity contribution >= 4 is 12.3 Å². The fraction of sp³-hybridized carbons (Fsp3) is 0. The van der Waals surface area contributed by atoms with Gasteiger partial charge in [-0.1, -0.05) is 13.2 Å². The summed E-state index contributed by atoms with van der Waals surface area (Å²) in [5.41, 5.74) is 0. The number of ether oxygens (including phenoxy) is 1. The van der Waals surface area contributed by atoms with Crippen LogP contribution in [0.5, 0.6) is 0 Å². The third-order valence-electron chi connectivity index (χ3n) is 0.530. The molecule has 3 nitrogen and oxygen atoms in total. The van der Waals surface area contributed by atoms with Gasteiger partial charge in [-0.05, 0) is 0 Å². The third kappa shape index (κ3) is 3.22. The summed E-state index contributed by atoms with van der Waals surface area (Å²) in [6, 6.07) is 0. The second-order valence-electron chi connectivity index (χ2n) is 1.21. The van der Waals surface area contributed by atoms with Crippen LogP contribution < -0.4 is 0 Å². The van der Waals surface area contributed by atoms with Crippen LogP contribution in [-0.2, 0) is 14.3 Å². The first-order valence-corrected chi connectivity index (χ1v) is 2.19. The summed E-state index contributed by atoms with van der Waals surface area (Å²) < 4.78 is 4.23. The minimum absolute atomic E-state index is 0.208. The lowest BCUT2D eigenvalue weighted by Crippen LogP contribution is -1.99. The van der Waals surface area contributed by atoms with Gasteiger partial charge in [0.15, 0.2) is 12.0 Å². The van der Waals surface area contributed by atoms with Crippen LogP contribution in [0.1, 0.15) is 0 Å². The van der Waals surface area contributed by atoms with Crippen LogP contribution in [0.15, 0.2) is 25.0 Å². The van der Waals surface area contributed by atoms with Gasteiger partial charge in [-0.3, -0.25) is 4.79 Å². The molecule has 0 unspecified atom stereocenters. The van der Waals surface area contributed by atoms with Crippen LogP contribution >= 0.6 is 0 Å². The molecule has 0 saturated heterocycles. The molecule has 0 aromatic rings. The van der Waals surface area contributed by atoms with Gasteiger partial charge in [-0.25, -0.2) is 4.79 Å². The number of hydrogen-bond acceptors (Lipinski definition) is 3. The molecule has 0 amide bonds. The molecular weight excluding hydrogens is 120 g/mol. The van der Waals surface area contributed by atoms with E-state index in [1.807, 2.05) is 0 Å². The lowest BCUT2D eigenvalue weighted by molar-refractivity contribution is -0.135. The van der Waals surface area contributed by atoms with Crippen LogP contribution in [0.2, 0.25) is 0 Å². The van der Waals surface area contributed by atoms with E-state index in [9.17, 15) is 9.59 Å². The number of aldehydes is 1. The zero-order valence-electron chi connectivity index (χ0n) is 4.79. The monoisotopic (exact) mass is 126 g/mol. The van der Waals surface area contributed by atoms with E-state index in [1.165, 1.54) is 0 Å². The Hall–Kier alpha value is -1.38. The van der Waals surface area contributed by atoms with Crippen molar-refractivity contribution in [3.8, 4) is 0 Å². The van der Waals surface area contributed by atoms with Crippen LogP contribution in [-0.4, -0.2) is 12.3 Å². The zero-order chi connectivity index (χ0) is 7.28. The van der Waals surface area contributed by atoms with Crippen LogP contribution in [0.4, 0.5) is 0 Å². The van der Waals surface area contributed by atoms with Gasteiger partial charge in [-0.2, -0.15) is 0 Å². The Balaban J connectivity index is 3.73. The van der Waals surface area contributed by atoms with Crippen molar-refractivity contribution in [2.45, 2.75) is 0 Å². The van der Waals surface area contributed by atoms with E-state index in [0.29, 0.717) is 6.29 Å². The summed E-state index contributed by atoms with van der Waals surface area (Å²) in [4.78, 5) is 20.0. The normalized spacial score (nSPS) is 7.56. The van der Waals surface area contributed by atoms with Crippen molar-refractivity contribution in [3.05, 3.63) is 25.0 Å². The molecule has 0 heterocycles. The largest absolute Gasteiger partial charge is 0.421 e. The molecule has 0 aliphatic rings. The predicted molar refractivity (Wildman–Crippen MR) is 31.5 cm³/mol. The topological polar surface area (TPSA) is 43.4 Å². The Labute approximate surface area is 52.6 Å². The molecule has 0 fully saturated rings. The fourth-order valence-corrected chi connectivity index (χ4v) is 0.195. The first-order valence-electron chi connectivity index (χ1n) is 2.19. The van der Waals surface area contributed by atoms with E-state index < -0.39 is 5.97 Å². The van der Waals surface area contributed by atoms with Gasteiger partial charge in [0.2, 0.25) is 0 Å². The lowest BCUT2D eigenvalue weighted by Gasteiger charge is -1.93. The molecule has 0 aromatic carbocycles.